The Labute approximate surface area is 210 Å². The van der Waals surface area contributed by atoms with Crippen molar-refractivity contribution in [2.45, 2.75) is 30.9 Å². The van der Waals surface area contributed by atoms with Gasteiger partial charge in [0.1, 0.15) is 11.9 Å². The molecule has 1 saturated heterocycles. The summed E-state index contributed by atoms with van der Waals surface area (Å²) in [4.78, 5) is 21.9. The quantitative estimate of drug-likeness (QED) is 0.390. The largest absolute Gasteiger partial charge is 0.494 e. The molecule has 3 heterocycles. The Morgan fingerprint density at radius 3 is 2.22 bits per heavy atom. The number of rotatable bonds is 7. The Hall–Kier alpha value is -3.78. The molecule has 8 heteroatoms. The van der Waals surface area contributed by atoms with Crippen molar-refractivity contribution in [1.29, 1.82) is 0 Å². The Morgan fingerprint density at radius 1 is 0.917 bits per heavy atom. The molecule has 3 unspecified atom stereocenters. The number of ether oxygens (including phenoxy) is 1. The summed E-state index contributed by atoms with van der Waals surface area (Å²) >= 11 is 0. The molecular formula is C28H30N4O4. The second-order valence-electron chi connectivity index (χ2n) is 9.79. The number of hydrogen-bond acceptors (Lipinski definition) is 7. The molecule has 2 aromatic heterocycles. The van der Waals surface area contributed by atoms with Gasteiger partial charge in [-0.25, -0.2) is 9.78 Å². The molecule has 6 rings (SSSR count). The number of hydrogen-bond donors (Lipinski definition) is 2. The minimum atomic E-state index is -0.547. The van der Waals surface area contributed by atoms with E-state index in [1.807, 2.05) is 24.3 Å². The average molecular weight is 487 g/mol. The number of pyridine rings is 1. The zero-order valence-electron chi connectivity index (χ0n) is 20.0. The molecule has 3 atom stereocenters. The third kappa shape index (κ3) is 4.11. The molecule has 1 aliphatic heterocycles. The smallest absolute Gasteiger partial charge is 0.338 e. The van der Waals surface area contributed by atoms with Gasteiger partial charge in [-0.15, -0.1) is 0 Å². The van der Waals surface area contributed by atoms with Gasteiger partial charge in [-0.1, -0.05) is 36.4 Å². The molecule has 36 heavy (non-hydrogen) atoms. The van der Waals surface area contributed by atoms with Crippen LogP contribution in [0.3, 0.4) is 0 Å². The molecule has 1 aromatic carbocycles. The first-order chi connectivity index (χ1) is 17.6. The van der Waals surface area contributed by atoms with Crippen LogP contribution < -0.4 is 4.90 Å². The van der Waals surface area contributed by atoms with Crippen molar-refractivity contribution in [2.75, 3.05) is 37.6 Å². The SMILES string of the molecule is O=C(OC(CN1CCN(c2ccccn2)CC1)Cn1c(O)c2c(c1O)C1C=CC2C1)c1ccccc1. The molecule has 0 amide bonds. The second-order valence-corrected chi connectivity index (χ2v) is 9.79. The number of fused-ring (bicyclic) bond motifs is 5. The first kappa shape index (κ1) is 22.7. The van der Waals surface area contributed by atoms with E-state index in [4.69, 9.17) is 4.74 Å². The van der Waals surface area contributed by atoms with Crippen LogP contribution in [0.5, 0.6) is 11.8 Å². The molecule has 2 bridgehead atoms. The van der Waals surface area contributed by atoms with E-state index >= 15 is 0 Å². The Morgan fingerprint density at radius 2 is 1.58 bits per heavy atom. The molecule has 8 nitrogen and oxygen atoms in total. The van der Waals surface area contributed by atoms with Crippen molar-refractivity contribution >= 4 is 11.8 Å². The number of carbonyl (C=O) groups is 1. The van der Waals surface area contributed by atoms with Gasteiger partial charge in [-0.3, -0.25) is 9.47 Å². The van der Waals surface area contributed by atoms with E-state index in [1.165, 1.54) is 4.57 Å². The maximum Gasteiger partial charge on any atom is 0.338 e. The first-order valence-electron chi connectivity index (χ1n) is 12.6. The number of nitrogens with zero attached hydrogens (tertiary/aromatic N) is 4. The lowest BCUT2D eigenvalue weighted by Gasteiger charge is -2.37. The third-order valence-electron chi connectivity index (χ3n) is 7.59. The minimum Gasteiger partial charge on any atom is -0.494 e. The third-order valence-corrected chi connectivity index (χ3v) is 7.59. The van der Waals surface area contributed by atoms with Crippen molar-refractivity contribution in [3.05, 3.63) is 83.6 Å². The molecule has 186 valence electrons. The number of carbonyl (C=O) groups excluding carboxylic acids is 1. The predicted molar refractivity (Wildman–Crippen MR) is 136 cm³/mol. The highest BCUT2D eigenvalue weighted by molar-refractivity contribution is 5.89. The fourth-order valence-corrected chi connectivity index (χ4v) is 5.78. The summed E-state index contributed by atoms with van der Waals surface area (Å²) in [7, 11) is 0. The van der Waals surface area contributed by atoms with Gasteiger partial charge in [-0.05, 0) is 30.7 Å². The number of allylic oxidation sites excluding steroid dienone is 2. The number of aromatic nitrogens is 2. The van der Waals surface area contributed by atoms with E-state index in [9.17, 15) is 15.0 Å². The van der Waals surface area contributed by atoms with Crippen LogP contribution in [0.2, 0.25) is 0 Å². The highest BCUT2D eigenvalue weighted by Gasteiger charge is 2.41. The molecule has 0 spiro atoms. The maximum absolute atomic E-state index is 12.9. The molecule has 3 aliphatic rings. The topological polar surface area (TPSA) is 91.1 Å². The Balaban J connectivity index is 1.19. The summed E-state index contributed by atoms with van der Waals surface area (Å²) in [5, 5.41) is 22.0. The minimum absolute atomic E-state index is 0.0834. The van der Waals surface area contributed by atoms with Crippen molar-refractivity contribution in [3.63, 3.8) is 0 Å². The van der Waals surface area contributed by atoms with Crippen LogP contribution in [0, 0.1) is 0 Å². The molecule has 3 aromatic rings. The standard InChI is InChI=1S/C28H30N4O4/c33-26-24-20-9-10-21(16-20)25(24)27(34)32(26)18-22(36-28(35)19-6-2-1-3-7-19)17-30-12-14-31(15-13-30)23-8-4-5-11-29-23/h1-11,20-22,33-34H,12-18H2. The molecular weight excluding hydrogens is 456 g/mol. The van der Waals surface area contributed by atoms with Crippen LogP contribution in [0.15, 0.2) is 66.9 Å². The van der Waals surface area contributed by atoms with Crippen molar-refractivity contribution < 1.29 is 19.7 Å². The monoisotopic (exact) mass is 486 g/mol. The fraction of sp³-hybridized carbons (Fsp3) is 0.357. The fourth-order valence-electron chi connectivity index (χ4n) is 5.78. The van der Waals surface area contributed by atoms with Crippen LogP contribution in [-0.2, 0) is 11.3 Å². The molecule has 2 aliphatic carbocycles. The Kier molecular flexibility index (Phi) is 5.89. The highest BCUT2D eigenvalue weighted by atomic mass is 16.5. The lowest BCUT2D eigenvalue weighted by Crippen LogP contribution is -2.49. The zero-order chi connectivity index (χ0) is 24.6. The maximum atomic E-state index is 12.9. The lowest BCUT2D eigenvalue weighted by molar-refractivity contribution is 0.0136. The second kappa shape index (κ2) is 9.35. The van der Waals surface area contributed by atoms with Crippen LogP contribution in [0.4, 0.5) is 5.82 Å². The zero-order valence-corrected chi connectivity index (χ0v) is 20.0. The van der Waals surface area contributed by atoms with E-state index in [0.29, 0.717) is 12.1 Å². The first-order valence-corrected chi connectivity index (χ1v) is 12.6. The van der Waals surface area contributed by atoms with E-state index in [-0.39, 0.29) is 30.1 Å². The van der Waals surface area contributed by atoms with E-state index in [0.717, 1.165) is 49.5 Å². The van der Waals surface area contributed by atoms with Gasteiger partial charge in [0.2, 0.25) is 0 Å². The van der Waals surface area contributed by atoms with E-state index in [1.54, 1.807) is 30.5 Å². The van der Waals surface area contributed by atoms with Crippen molar-refractivity contribution in [2.24, 2.45) is 0 Å². The van der Waals surface area contributed by atoms with Gasteiger partial charge in [-0.2, -0.15) is 0 Å². The van der Waals surface area contributed by atoms with Crippen LogP contribution in [0.1, 0.15) is 39.7 Å². The van der Waals surface area contributed by atoms with Crippen LogP contribution >= 0.6 is 0 Å². The van der Waals surface area contributed by atoms with Gasteiger partial charge in [0, 0.05) is 61.9 Å². The molecule has 1 fully saturated rings. The summed E-state index contributed by atoms with van der Waals surface area (Å²) in [6.07, 6.45) is 6.36. The highest BCUT2D eigenvalue weighted by Crippen LogP contribution is 2.56. The van der Waals surface area contributed by atoms with Gasteiger partial charge < -0.3 is 19.8 Å². The molecule has 2 N–H and O–H groups in total. The van der Waals surface area contributed by atoms with Gasteiger partial charge in [0.25, 0.3) is 0 Å². The van der Waals surface area contributed by atoms with Crippen LogP contribution in [-0.4, -0.2) is 69.5 Å². The van der Waals surface area contributed by atoms with E-state index < -0.39 is 12.1 Å². The number of aromatic hydroxyl groups is 2. The summed E-state index contributed by atoms with van der Waals surface area (Å²) in [6, 6.07) is 14.8. The normalized spacial score (nSPS) is 21.5. The number of anilines is 1. The van der Waals surface area contributed by atoms with Gasteiger partial charge >= 0.3 is 5.97 Å². The molecule has 0 radical (unpaired) electrons. The van der Waals surface area contributed by atoms with Crippen molar-refractivity contribution in [3.8, 4) is 11.8 Å². The Bertz CT molecular complexity index is 1230. The van der Waals surface area contributed by atoms with Gasteiger partial charge in [0.15, 0.2) is 11.8 Å². The number of piperazine rings is 1. The van der Waals surface area contributed by atoms with E-state index in [2.05, 4.69) is 26.9 Å². The summed E-state index contributed by atoms with van der Waals surface area (Å²) < 4.78 is 7.49. The summed E-state index contributed by atoms with van der Waals surface area (Å²) in [6.45, 7) is 3.92. The van der Waals surface area contributed by atoms with Crippen LogP contribution in [0.25, 0.3) is 0 Å². The number of benzene rings is 1. The lowest BCUT2D eigenvalue weighted by atomic mass is 10.0. The predicted octanol–water partition coefficient (Wildman–Crippen LogP) is 3.48. The molecule has 0 saturated carbocycles. The number of esters is 1. The summed E-state index contributed by atoms with van der Waals surface area (Å²) in [5.74, 6) is 1.00. The van der Waals surface area contributed by atoms with Gasteiger partial charge in [0.05, 0.1) is 12.1 Å². The summed E-state index contributed by atoms with van der Waals surface area (Å²) in [5.41, 5.74) is 2.11. The van der Waals surface area contributed by atoms with Crippen molar-refractivity contribution in [1.82, 2.24) is 14.5 Å². The average Bonchev–Trinajstić information content (AvgIpc) is 3.60.